The van der Waals surface area contributed by atoms with E-state index >= 15 is 0 Å². The molecule has 0 atom stereocenters. The Morgan fingerprint density at radius 3 is 2.74 bits per heavy atom. The van der Waals surface area contributed by atoms with Gasteiger partial charge in [-0.3, -0.25) is 9.69 Å². The lowest BCUT2D eigenvalue weighted by Gasteiger charge is -2.21. The van der Waals surface area contributed by atoms with Crippen molar-refractivity contribution < 1.29 is 14.3 Å². The summed E-state index contributed by atoms with van der Waals surface area (Å²) in [6, 6.07) is 4.50. The molecule has 0 spiro atoms. The smallest absolute Gasteiger partial charge is 0.234 e. The first-order chi connectivity index (χ1) is 8.93. The van der Waals surface area contributed by atoms with Crippen LogP contribution in [0.5, 0.6) is 5.75 Å². The zero-order valence-corrected chi connectivity index (χ0v) is 11.6. The highest BCUT2D eigenvalue weighted by Crippen LogP contribution is 2.21. The highest BCUT2D eigenvalue weighted by atomic mass is 19.1. The van der Waals surface area contributed by atoms with E-state index in [1.54, 1.807) is 12.1 Å². The Balaban J connectivity index is 2.66. The van der Waals surface area contributed by atoms with Crippen LogP contribution in [0.1, 0.15) is 26.3 Å². The Bertz CT molecular complexity index is 435. The molecule has 0 saturated heterocycles. The molecule has 0 aliphatic rings. The number of phenols is 1. The molecule has 1 rings (SSSR count). The fourth-order valence-corrected chi connectivity index (χ4v) is 1.78. The van der Waals surface area contributed by atoms with Crippen molar-refractivity contribution in [1.29, 1.82) is 0 Å². The van der Waals surface area contributed by atoms with Crippen LogP contribution in [-0.4, -0.2) is 35.0 Å². The monoisotopic (exact) mass is 268 g/mol. The van der Waals surface area contributed by atoms with Crippen molar-refractivity contribution in [1.82, 2.24) is 10.2 Å². The highest BCUT2D eigenvalue weighted by molar-refractivity contribution is 5.78. The number of likely N-dealkylation sites (N-methyl/N-ethyl adjacent to an activating group) is 1. The third kappa shape index (κ3) is 4.87. The molecule has 2 N–H and O–H groups in total. The summed E-state index contributed by atoms with van der Waals surface area (Å²) in [7, 11) is 0. The van der Waals surface area contributed by atoms with Gasteiger partial charge < -0.3 is 10.4 Å². The molecule has 5 heteroatoms. The first-order valence-corrected chi connectivity index (χ1v) is 6.42. The van der Waals surface area contributed by atoms with Crippen molar-refractivity contribution in [2.45, 2.75) is 33.4 Å². The number of nitrogens with one attached hydrogen (secondary N) is 1. The molecule has 1 aromatic carbocycles. The molecule has 0 fully saturated rings. The molecule has 0 aliphatic heterocycles. The number of hydrogen-bond acceptors (Lipinski definition) is 3. The maximum absolute atomic E-state index is 13.2. The largest absolute Gasteiger partial charge is 0.505 e. The molecule has 0 radical (unpaired) electrons. The molecule has 0 aliphatic carbocycles. The number of rotatable bonds is 6. The Morgan fingerprint density at radius 1 is 1.47 bits per heavy atom. The van der Waals surface area contributed by atoms with Gasteiger partial charge >= 0.3 is 0 Å². The topological polar surface area (TPSA) is 52.6 Å². The van der Waals surface area contributed by atoms with Crippen LogP contribution < -0.4 is 5.32 Å². The fraction of sp³-hybridized carbons (Fsp3) is 0.500. The Morgan fingerprint density at radius 2 is 2.16 bits per heavy atom. The van der Waals surface area contributed by atoms with Crippen LogP contribution in [0.25, 0.3) is 0 Å². The summed E-state index contributed by atoms with van der Waals surface area (Å²) in [5, 5.41) is 12.4. The fourth-order valence-electron chi connectivity index (χ4n) is 1.78. The van der Waals surface area contributed by atoms with Crippen LogP contribution in [0.15, 0.2) is 18.2 Å². The Kier molecular flexibility index (Phi) is 5.76. The van der Waals surface area contributed by atoms with Gasteiger partial charge in [0.05, 0.1) is 6.54 Å². The van der Waals surface area contributed by atoms with E-state index in [-0.39, 0.29) is 24.2 Å². The van der Waals surface area contributed by atoms with Gasteiger partial charge in [-0.15, -0.1) is 0 Å². The van der Waals surface area contributed by atoms with E-state index in [4.69, 9.17) is 0 Å². The van der Waals surface area contributed by atoms with E-state index in [1.165, 1.54) is 6.07 Å². The van der Waals surface area contributed by atoms with Crippen molar-refractivity contribution in [3.8, 4) is 5.75 Å². The number of aromatic hydroxyl groups is 1. The van der Waals surface area contributed by atoms with Crippen molar-refractivity contribution >= 4 is 5.91 Å². The average Bonchev–Trinajstić information content (AvgIpc) is 2.32. The predicted octanol–water partition coefficient (Wildman–Crippen LogP) is 1.88. The van der Waals surface area contributed by atoms with Gasteiger partial charge in [-0.2, -0.15) is 0 Å². The van der Waals surface area contributed by atoms with Gasteiger partial charge in [0.25, 0.3) is 0 Å². The molecule has 1 aromatic rings. The molecule has 106 valence electrons. The predicted molar refractivity (Wildman–Crippen MR) is 72.3 cm³/mol. The number of carbonyl (C=O) groups excluding carboxylic acids is 1. The van der Waals surface area contributed by atoms with E-state index in [9.17, 15) is 14.3 Å². The van der Waals surface area contributed by atoms with Gasteiger partial charge in [0, 0.05) is 18.2 Å². The molecule has 0 aromatic heterocycles. The number of para-hydroxylation sites is 1. The number of benzene rings is 1. The van der Waals surface area contributed by atoms with Gasteiger partial charge in [-0.05, 0) is 26.5 Å². The third-order valence-electron chi connectivity index (χ3n) is 2.73. The van der Waals surface area contributed by atoms with E-state index in [1.807, 2.05) is 25.7 Å². The summed E-state index contributed by atoms with van der Waals surface area (Å²) in [6.45, 7) is 6.91. The first kappa shape index (κ1) is 15.4. The molecule has 0 saturated carbocycles. The van der Waals surface area contributed by atoms with Crippen LogP contribution in [0.4, 0.5) is 4.39 Å². The Hall–Kier alpha value is -1.62. The minimum absolute atomic E-state index is 0.0762. The standard InChI is InChI=1S/C14H21FN2O2/c1-4-17(9-13(18)16-10(2)3)8-11-6-5-7-12(15)14(11)19/h5-7,10,19H,4,8-9H2,1-3H3,(H,16,18). The minimum Gasteiger partial charge on any atom is -0.505 e. The van der Waals surface area contributed by atoms with Gasteiger partial charge in [0.15, 0.2) is 11.6 Å². The molecule has 0 bridgehead atoms. The van der Waals surface area contributed by atoms with Crippen molar-refractivity contribution in [3.05, 3.63) is 29.6 Å². The summed E-state index contributed by atoms with van der Waals surface area (Å²) < 4.78 is 13.2. The summed E-state index contributed by atoms with van der Waals surface area (Å²) in [5.74, 6) is -1.06. The van der Waals surface area contributed by atoms with Crippen molar-refractivity contribution in [2.75, 3.05) is 13.1 Å². The minimum atomic E-state index is -0.639. The molecular weight excluding hydrogens is 247 g/mol. The lowest BCUT2D eigenvalue weighted by molar-refractivity contribution is -0.122. The Labute approximate surface area is 113 Å². The van der Waals surface area contributed by atoms with Crippen LogP contribution in [0.3, 0.4) is 0 Å². The summed E-state index contributed by atoms with van der Waals surface area (Å²) in [6.07, 6.45) is 0. The van der Waals surface area contributed by atoms with Crippen LogP contribution in [-0.2, 0) is 11.3 Å². The maximum atomic E-state index is 13.2. The SMILES string of the molecule is CCN(CC(=O)NC(C)C)Cc1cccc(F)c1O. The van der Waals surface area contributed by atoms with Gasteiger partial charge in [-0.1, -0.05) is 19.1 Å². The summed E-state index contributed by atoms with van der Waals surface area (Å²) >= 11 is 0. The van der Waals surface area contributed by atoms with Gasteiger partial charge in [0.1, 0.15) is 0 Å². The van der Waals surface area contributed by atoms with E-state index in [0.29, 0.717) is 18.7 Å². The quantitative estimate of drug-likeness (QED) is 0.828. The first-order valence-electron chi connectivity index (χ1n) is 6.42. The van der Waals surface area contributed by atoms with Gasteiger partial charge in [-0.25, -0.2) is 4.39 Å². The van der Waals surface area contributed by atoms with Crippen LogP contribution >= 0.6 is 0 Å². The zero-order valence-electron chi connectivity index (χ0n) is 11.6. The molecule has 4 nitrogen and oxygen atoms in total. The van der Waals surface area contributed by atoms with E-state index < -0.39 is 5.82 Å². The highest BCUT2D eigenvalue weighted by Gasteiger charge is 2.13. The number of amides is 1. The maximum Gasteiger partial charge on any atom is 0.234 e. The van der Waals surface area contributed by atoms with Crippen molar-refractivity contribution in [3.63, 3.8) is 0 Å². The summed E-state index contributed by atoms with van der Waals surface area (Å²) in [5.41, 5.74) is 0.485. The number of nitrogens with zero attached hydrogens (tertiary/aromatic N) is 1. The number of hydrogen-bond donors (Lipinski definition) is 2. The number of carbonyl (C=O) groups is 1. The van der Waals surface area contributed by atoms with E-state index in [2.05, 4.69) is 5.32 Å². The second-order valence-corrected chi connectivity index (χ2v) is 4.77. The molecule has 0 heterocycles. The van der Waals surface area contributed by atoms with Crippen LogP contribution in [0, 0.1) is 5.82 Å². The number of halogens is 1. The second kappa shape index (κ2) is 7.09. The molecule has 1 amide bonds. The molecular formula is C14H21FN2O2. The normalized spacial score (nSPS) is 11.1. The van der Waals surface area contributed by atoms with E-state index in [0.717, 1.165) is 0 Å². The molecule has 0 unspecified atom stereocenters. The van der Waals surface area contributed by atoms with Crippen molar-refractivity contribution in [2.24, 2.45) is 0 Å². The summed E-state index contributed by atoms with van der Waals surface area (Å²) in [4.78, 5) is 13.5. The van der Waals surface area contributed by atoms with Gasteiger partial charge in [0.2, 0.25) is 5.91 Å². The van der Waals surface area contributed by atoms with Crippen LogP contribution in [0.2, 0.25) is 0 Å². The third-order valence-corrected chi connectivity index (χ3v) is 2.73. The number of phenolic OH excluding ortho intramolecular Hbond substituents is 1. The lowest BCUT2D eigenvalue weighted by Crippen LogP contribution is -2.39. The second-order valence-electron chi connectivity index (χ2n) is 4.77. The lowest BCUT2D eigenvalue weighted by atomic mass is 10.2. The average molecular weight is 268 g/mol. The molecule has 19 heavy (non-hydrogen) atoms. The zero-order chi connectivity index (χ0) is 14.4.